The minimum Gasteiger partial charge on any atom is -0.496 e. The average Bonchev–Trinajstić information content (AvgIpc) is 3.29. The van der Waals surface area contributed by atoms with E-state index in [4.69, 9.17) is 9.47 Å². The quantitative estimate of drug-likeness (QED) is 0.256. The van der Waals surface area contributed by atoms with Gasteiger partial charge in [-0.05, 0) is 95.0 Å². The monoisotopic (exact) mass is 585 g/mol. The number of carbonyl (C=O) groups is 2. The average molecular weight is 586 g/mol. The number of thiophene rings is 1. The van der Waals surface area contributed by atoms with E-state index in [1.807, 2.05) is 37.8 Å². The number of rotatable bonds is 6. The topological polar surface area (TPSA) is 72.8 Å². The summed E-state index contributed by atoms with van der Waals surface area (Å²) >= 11 is 1.74. The lowest BCUT2D eigenvalue weighted by Crippen LogP contribution is -2.46. The Morgan fingerprint density at radius 1 is 1.07 bits per heavy atom. The molecule has 3 heterocycles. The third-order valence-corrected chi connectivity index (χ3v) is 10.4. The summed E-state index contributed by atoms with van der Waals surface area (Å²) in [5.74, 6) is 1.71. The molecule has 1 N–H and O–H groups in total. The van der Waals surface area contributed by atoms with Crippen molar-refractivity contribution in [2.24, 2.45) is 11.8 Å². The molecular weight excluding hydrogens is 546 g/mol. The van der Waals surface area contributed by atoms with E-state index >= 15 is 0 Å². The van der Waals surface area contributed by atoms with Crippen molar-refractivity contribution in [3.63, 3.8) is 0 Å². The highest BCUT2D eigenvalue weighted by Gasteiger charge is 2.50. The Morgan fingerprint density at radius 2 is 1.86 bits per heavy atom. The van der Waals surface area contributed by atoms with Crippen molar-refractivity contribution >= 4 is 44.3 Å². The summed E-state index contributed by atoms with van der Waals surface area (Å²) in [5, 5.41) is 5.40. The molecule has 2 saturated carbocycles. The van der Waals surface area contributed by atoms with E-state index < -0.39 is 11.7 Å². The molecule has 3 atom stereocenters. The van der Waals surface area contributed by atoms with Gasteiger partial charge in [0.25, 0.3) is 5.91 Å². The lowest BCUT2D eigenvalue weighted by molar-refractivity contribution is 0.0485. The molecule has 3 aliphatic rings. The summed E-state index contributed by atoms with van der Waals surface area (Å²) in [6, 6.07) is 14.8. The number of aryl methyl sites for hydroxylation is 1. The lowest BCUT2D eigenvalue weighted by Gasteiger charge is -2.28. The number of methoxy groups -OCH3 is 1. The minimum atomic E-state index is -0.562. The molecule has 7 rings (SSSR count). The molecule has 2 unspecified atom stereocenters. The van der Waals surface area contributed by atoms with E-state index in [-0.39, 0.29) is 23.9 Å². The molecule has 0 spiro atoms. The van der Waals surface area contributed by atoms with Crippen molar-refractivity contribution in [3.05, 3.63) is 53.6 Å². The Kier molecular flexibility index (Phi) is 6.53. The van der Waals surface area contributed by atoms with Crippen LogP contribution in [0.25, 0.3) is 31.6 Å². The van der Waals surface area contributed by atoms with Gasteiger partial charge in [0.1, 0.15) is 11.4 Å². The number of amides is 2. The number of fused-ring (bicyclic) bond motifs is 4. The van der Waals surface area contributed by atoms with Gasteiger partial charge in [0.2, 0.25) is 0 Å². The first-order valence-corrected chi connectivity index (χ1v) is 15.9. The van der Waals surface area contributed by atoms with Gasteiger partial charge in [0.15, 0.2) is 0 Å². The zero-order valence-electron chi connectivity index (χ0n) is 25.0. The number of aromatic nitrogens is 1. The third-order valence-electron chi connectivity index (χ3n) is 9.17. The van der Waals surface area contributed by atoms with Gasteiger partial charge in [-0.1, -0.05) is 18.2 Å². The van der Waals surface area contributed by atoms with Gasteiger partial charge in [-0.3, -0.25) is 4.79 Å². The van der Waals surface area contributed by atoms with Crippen LogP contribution in [0.3, 0.4) is 0 Å². The first-order valence-electron chi connectivity index (χ1n) is 15.1. The van der Waals surface area contributed by atoms with Crippen molar-refractivity contribution < 1.29 is 19.1 Å². The number of para-hydroxylation sites is 1. The van der Waals surface area contributed by atoms with Gasteiger partial charge in [-0.15, -0.1) is 11.3 Å². The molecule has 0 radical (unpaired) electrons. The van der Waals surface area contributed by atoms with Crippen molar-refractivity contribution in [1.82, 2.24) is 14.8 Å². The Bertz CT molecular complexity index is 1710. The maximum absolute atomic E-state index is 14.0. The molecule has 8 heteroatoms. The van der Waals surface area contributed by atoms with Gasteiger partial charge in [0, 0.05) is 39.6 Å². The van der Waals surface area contributed by atoms with Crippen molar-refractivity contribution in [2.45, 2.75) is 77.6 Å². The molecule has 4 aromatic rings. The number of carbonyl (C=O) groups excluding carboxylic acids is 2. The Balaban J connectivity index is 1.22. The number of hydrogen-bond donors (Lipinski definition) is 1. The van der Waals surface area contributed by atoms with E-state index in [1.165, 1.54) is 39.9 Å². The first kappa shape index (κ1) is 27.3. The van der Waals surface area contributed by atoms with Crippen LogP contribution in [0.5, 0.6) is 5.75 Å². The Labute approximate surface area is 250 Å². The standard InChI is InChI=1S/C34H39N3O4S/c1-19-29-27(40-5)15-23(32(38)37-18-22-12-13-25(37)30(22)35-33(39)41-34(2,3)4)16-28(29)42-31(19)26-14-21-8-6-7-9-24(21)36(26)17-20-10-11-20/h6-9,14-16,20,22,25,30H,10-13,17-18H2,1-5H3,(H,35,39)/t22?,25?,30-/m1/s1. The van der Waals surface area contributed by atoms with Gasteiger partial charge in [-0.25, -0.2) is 4.79 Å². The van der Waals surface area contributed by atoms with Crippen molar-refractivity contribution in [1.29, 1.82) is 0 Å². The van der Waals surface area contributed by atoms with Crippen molar-refractivity contribution in [3.8, 4) is 16.3 Å². The predicted octanol–water partition coefficient (Wildman–Crippen LogP) is 7.38. The van der Waals surface area contributed by atoms with Crippen LogP contribution in [-0.4, -0.2) is 52.8 Å². The maximum Gasteiger partial charge on any atom is 0.407 e. The van der Waals surface area contributed by atoms with Crippen LogP contribution in [0.1, 0.15) is 62.4 Å². The number of nitrogens with one attached hydrogen (secondary N) is 1. The molecule has 42 heavy (non-hydrogen) atoms. The van der Waals surface area contributed by atoms with E-state index in [9.17, 15) is 9.59 Å². The first-order chi connectivity index (χ1) is 20.1. The molecule has 2 amide bonds. The summed E-state index contributed by atoms with van der Waals surface area (Å²) in [6.07, 6.45) is 4.05. The summed E-state index contributed by atoms with van der Waals surface area (Å²) in [7, 11) is 1.68. The molecular formula is C34H39N3O4S. The van der Waals surface area contributed by atoms with Gasteiger partial charge in [-0.2, -0.15) is 0 Å². The van der Waals surface area contributed by atoms with Gasteiger partial charge >= 0.3 is 6.09 Å². The fraction of sp³-hybridized carbons (Fsp3) is 0.471. The molecule has 2 aromatic carbocycles. The third kappa shape index (κ3) is 4.74. The number of hydrogen-bond acceptors (Lipinski definition) is 5. The number of ether oxygens (including phenoxy) is 2. The predicted molar refractivity (Wildman–Crippen MR) is 167 cm³/mol. The van der Waals surface area contributed by atoms with Crippen molar-refractivity contribution in [2.75, 3.05) is 13.7 Å². The highest BCUT2D eigenvalue weighted by Crippen LogP contribution is 2.46. The largest absolute Gasteiger partial charge is 0.496 e. The van der Waals surface area contributed by atoms with Crippen LogP contribution >= 0.6 is 11.3 Å². The molecule has 1 saturated heterocycles. The number of benzene rings is 2. The molecule has 7 nitrogen and oxygen atoms in total. The Morgan fingerprint density at radius 3 is 2.60 bits per heavy atom. The van der Waals surface area contributed by atoms with Crippen LogP contribution in [0, 0.1) is 18.8 Å². The number of alkyl carbamates (subject to hydrolysis) is 1. The number of likely N-dealkylation sites (tertiary alicyclic amines) is 1. The minimum absolute atomic E-state index is 0.00570. The molecule has 1 aliphatic heterocycles. The molecule has 2 aliphatic carbocycles. The fourth-order valence-electron chi connectivity index (χ4n) is 7.08. The Hall–Kier alpha value is -3.52. The van der Waals surface area contributed by atoms with Crippen LogP contribution < -0.4 is 10.1 Å². The lowest BCUT2D eigenvalue weighted by atomic mass is 10.0. The van der Waals surface area contributed by atoms with Crippen LogP contribution in [0.15, 0.2) is 42.5 Å². The maximum atomic E-state index is 14.0. The molecule has 2 aromatic heterocycles. The smallest absolute Gasteiger partial charge is 0.407 e. The summed E-state index contributed by atoms with van der Waals surface area (Å²) in [4.78, 5) is 29.7. The van der Waals surface area contributed by atoms with E-state index in [2.05, 4.69) is 47.1 Å². The second-order valence-corrected chi connectivity index (χ2v) is 14.3. The zero-order valence-corrected chi connectivity index (χ0v) is 25.8. The summed E-state index contributed by atoms with van der Waals surface area (Å²) in [5.41, 5.74) is 3.77. The highest BCUT2D eigenvalue weighted by molar-refractivity contribution is 7.22. The van der Waals surface area contributed by atoms with Crippen LogP contribution in [0.4, 0.5) is 4.79 Å². The van der Waals surface area contributed by atoms with Gasteiger partial charge < -0.3 is 24.3 Å². The van der Waals surface area contributed by atoms with Gasteiger partial charge in [0.05, 0.1) is 29.8 Å². The van der Waals surface area contributed by atoms with E-state index in [0.29, 0.717) is 12.1 Å². The van der Waals surface area contributed by atoms with E-state index in [0.717, 1.165) is 41.1 Å². The number of nitrogens with zero attached hydrogens (tertiary/aromatic N) is 2. The second kappa shape index (κ2) is 10.0. The molecule has 3 fully saturated rings. The number of piperidine rings is 1. The second-order valence-electron chi connectivity index (χ2n) is 13.3. The highest BCUT2D eigenvalue weighted by atomic mass is 32.1. The SMILES string of the molecule is COc1cc(C(=O)N2CC3CCC2[C@@H]3NC(=O)OC(C)(C)C)cc2sc(-c3cc4ccccc4n3CC3CC3)c(C)c12. The van der Waals surface area contributed by atoms with Crippen LogP contribution in [0.2, 0.25) is 0 Å². The normalized spacial score (nSPS) is 21.8. The summed E-state index contributed by atoms with van der Waals surface area (Å²) in [6.45, 7) is 9.43. The fourth-order valence-corrected chi connectivity index (χ4v) is 8.37. The zero-order chi connectivity index (χ0) is 29.3. The molecule has 220 valence electrons. The summed E-state index contributed by atoms with van der Waals surface area (Å²) < 4.78 is 15.0. The molecule has 2 bridgehead atoms. The van der Waals surface area contributed by atoms with E-state index in [1.54, 1.807) is 18.4 Å². The van der Waals surface area contributed by atoms with Crippen LogP contribution in [-0.2, 0) is 11.3 Å².